The summed E-state index contributed by atoms with van der Waals surface area (Å²) in [5.74, 6) is 0.312. The second kappa shape index (κ2) is 13.4. The maximum absolute atomic E-state index is 12.8. The van der Waals surface area contributed by atoms with E-state index in [0.717, 1.165) is 45.4 Å². The summed E-state index contributed by atoms with van der Waals surface area (Å²) >= 11 is 6.07. The molecule has 36 heavy (non-hydrogen) atoms. The summed E-state index contributed by atoms with van der Waals surface area (Å²) in [7, 11) is 0. The monoisotopic (exact) mass is 516 g/mol. The molecule has 0 bridgehead atoms. The van der Waals surface area contributed by atoms with Gasteiger partial charge in [-0.2, -0.15) is 0 Å². The highest BCUT2D eigenvalue weighted by Gasteiger charge is 2.23. The van der Waals surface area contributed by atoms with E-state index in [0.29, 0.717) is 25.4 Å². The van der Waals surface area contributed by atoms with E-state index < -0.39 is 5.91 Å². The van der Waals surface area contributed by atoms with Crippen LogP contribution in [0, 0.1) is 18.8 Å². The number of benzene rings is 1. The Balaban J connectivity index is 1.56. The third-order valence-electron chi connectivity index (χ3n) is 6.64. The topological polar surface area (TPSA) is 165 Å². The molecule has 1 aromatic carbocycles. The summed E-state index contributed by atoms with van der Waals surface area (Å²) < 4.78 is 0. The maximum Gasteiger partial charge on any atom is 0.273 e. The number of nitrogens with one attached hydrogen (secondary N) is 2. The second-order valence-electron chi connectivity index (χ2n) is 9.36. The Bertz CT molecular complexity index is 1040. The lowest BCUT2D eigenvalue weighted by Crippen LogP contribution is -2.42. The van der Waals surface area contributed by atoms with Crippen LogP contribution in [-0.4, -0.2) is 66.0 Å². The molecule has 0 saturated carbocycles. The highest BCUT2D eigenvalue weighted by Crippen LogP contribution is 2.19. The van der Waals surface area contributed by atoms with Crippen molar-refractivity contribution in [1.29, 1.82) is 0 Å². The molecule has 1 saturated heterocycles. The van der Waals surface area contributed by atoms with E-state index in [-0.39, 0.29) is 34.3 Å². The fourth-order valence-electron chi connectivity index (χ4n) is 4.43. The molecule has 1 aliphatic heterocycles. The van der Waals surface area contributed by atoms with Crippen LogP contribution in [0.15, 0.2) is 24.3 Å². The number of nitrogen functional groups attached to an aromatic ring is 2. The van der Waals surface area contributed by atoms with E-state index >= 15 is 0 Å². The van der Waals surface area contributed by atoms with Crippen molar-refractivity contribution >= 4 is 35.1 Å². The van der Waals surface area contributed by atoms with Gasteiger partial charge < -0.3 is 32.7 Å². The Kier molecular flexibility index (Phi) is 10.3. The van der Waals surface area contributed by atoms with E-state index in [2.05, 4.69) is 39.7 Å². The normalized spacial score (nSPS) is 15.0. The van der Waals surface area contributed by atoms with Gasteiger partial charge in [-0.3, -0.25) is 9.59 Å². The second-order valence-corrected chi connectivity index (χ2v) is 9.72. The number of anilines is 2. The van der Waals surface area contributed by atoms with Crippen LogP contribution in [0.2, 0.25) is 5.15 Å². The standard InChI is InChI=1S/C25H37ClN8O2/c1-16-4-2-3-5-19(16)12-18(15-31-25(36)21-22(26)33-24(29)23(28)32-21)14-30-13-17-7-10-34(11-8-17)20(35)6-9-27/h2-5,17-18,30H,6-15,27H2,1H3,(H2,28,32)(H2,29,33)(H,31,36). The predicted molar refractivity (Wildman–Crippen MR) is 142 cm³/mol. The van der Waals surface area contributed by atoms with Crippen LogP contribution in [0.5, 0.6) is 0 Å². The van der Waals surface area contributed by atoms with E-state index in [1.165, 1.54) is 11.1 Å². The first-order valence-corrected chi connectivity index (χ1v) is 12.8. The number of aromatic nitrogens is 2. The molecule has 0 spiro atoms. The number of rotatable bonds is 11. The van der Waals surface area contributed by atoms with Crippen LogP contribution < -0.4 is 27.8 Å². The molecule has 10 nitrogen and oxygen atoms in total. The summed E-state index contributed by atoms with van der Waals surface area (Å²) in [6, 6.07) is 8.24. The molecule has 1 aromatic heterocycles. The van der Waals surface area contributed by atoms with Crippen molar-refractivity contribution in [3.05, 3.63) is 46.2 Å². The molecule has 1 aliphatic rings. The summed E-state index contributed by atoms with van der Waals surface area (Å²) in [5.41, 5.74) is 19.2. The van der Waals surface area contributed by atoms with Gasteiger partial charge in [-0.05, 0) is 62.2 Å². The summed E-state index contributed by atoms with van der Waals surface area (Å²) in [5, 5.41) is 6.44. The minimum atomic E-state index is -0.441. The van der Waals surface area contributed by atoms with Crippen molar-refractivity contribution in [1.82, 2.24) is 25.5 Å². The van der Waals surface area contributed by atoms with Crippen LogP contribution in [0.3, 0.4) is 0 Å². The fraction of sp³-hybridized carbons (Fsp3) is 0.520. The van der Waals surface area contributed by atoms with Crippen molar-refractivity contribution in [2.24, 2.45) is 17.6 Å². The summed E-state index contributed by atoms with van der Waals surface area (Å²) in [6.07, 6.45) is 3.15. The molecule has 3 rings (SSSR count). The molecule has 2 aromatic rings. The van der Waals surface area contributed by atoms with Gasteiger partial charge in [0, 0.05) is 32.6 Å². The van der Waals surface area contributed by atoms with E-state index in [4.69, 9.17) is 28.8 Å². The molecular formula is C25H37ClN8O2. The predicted octanol–water partition coefficient (Wildman–Crippen LogP) is 1.37. The van der Waals surface area contributed by atoms with Gasteiger partial charge in [-0.1, -0.05) is 35.9 Å². The lowest BCUT2D eigenvalue weighted by molar-refractivity contribution is -0.132. The lowest BCUT2D eigenvalue weighted by atomic mass is 9.94. The third kappa shape index (κ3) is 7.78. The van der Waals surface area contributed by atoms with Gasteiger partial charge >= 0.3 is 0 Å². The number of aryl methyl sites for hydroxylation is 1. The average molecular weight is 517 g/mol. The van der Waals surface area contributed by atoms with Crippen LogP contribution in [0.25, 0.3) is 0 Å². The Morgan fingerprint density at radius 2 is 1.83 bits per heavy atom. The zero-order valence-corrected chi connectivity index (χ0v) is 21.6. The zero-order chi connectivity index (χ0) is 26.1. The first-order chi connectivity index (χ1) is 17.3. The lowest BCUT2D eigenvalue weighted by Gasteiger charge is -2.32. The molecule has 1 fully saturated rings. The number of carbonyl (C=O) groups is 2. The Labute approximate surface area is 217 Å². The van der Waals surface area contributed by atoms with Crippen molar-refractivity contribution in [2.75, 3.05) is 50.7 Å². The van der Waals surface area contributed by atoms with E-state index in [1.54, 1.807) is 0 Å². The number of nitrogens with two attached hydrogens (primary N) is 3. The first-order valence-electron chi connectivity index (χ1n) is 12.4. The Morgan fingerprint density at radius 3 is 2.53 bits per heavy atom. The number of amides is 2. The van der Waals surface area contributed by atoms with Crippen LogP contribution >= 0.6 is 11.6 Å². The van der Waals surface area contributed by atoms with Crippen LogP contribution in [0.4, 0.5) is 11.6 Å². The number of likely N-dealkylation sites (tertiary alicyclic amines) is 1. The molecular weight excluding hydrogens is 480 g/mol. The number of carbonyl (C=O) groups excluding carboxylic acids is 2. The van der Waals surface area contributed by atoms with Crippen molar-refractivity contribution < 1.29 is 9.59 Å². The Morgan fingerprint density at radius 1 is 1.14 bits per heavy atom. The maximum atomic E-state index is 12.8. The molecule has 196 valence electrons. The molecule has 1 unspecified atom stereocenters. The first kappa shape index (κ1) is 27.6. The number of piperidine rings is 1. The molecule has 0 aliphatic carbocycles. The van der Waals surface area contributed by atoms with Gasteiger partial charge in [0.25, 0.3) is 5.91 Å². The van der Waals surface area contributed by atoms with Crippen molar-refractivity contribution in [3.63, 3.8) is 0 Å². The molecule has 2 heterocycles. The minimum Gasteiger partial charge on any atom is -0.381 e. The fourth-order valence-corrected chi connectivity index (χ4v) is 4.65. The zero-order valence-electron chi connectivity index (χ0n) is 20.8. The van der Waals surface area contributed by atoms with Gasteiger partial charge in [-0.25, -0.2) is 9.97 Å². The molecule has 1 atom stereocenters. The van der Waals surface area contributed by atoms with E-state index in [9.17, 15) is 9.59 Å². The number of hydrogen-bond donors (Lipinski definition) is 5. The molecule has 0 radical (unpaired) electrons. The van der Waals surface area contributed by atoms with Crippen molar-refractivity contribution in [2.45, 2.75) is 32.6 Å². The SMILES string of the molecule is Cc1ccccc1CC(CNCC1CCN(C(=O)CCN)CC1)CNC(=O)c1nc(N)c(N)nc1Cl. The third-order valence-corrected chi connectivity index (χ3v) is 6.90. The van der Waals surface area contributed by atoms with E-state index in [1.807, 2.05) is 17.0 Å². The average Bonchev–Trinajstić information content (AvgIpc) is 2.86. The van der Waals surface area contributed by atoms with Crippen molar-refractivity contribution in [3.8, 4) is 0 Å². The molecule has 2 amide bonds. The largest absolute Gasteiger partial charge is 0.381 e. The van der Waals surface area contributed by atoms with Gasteiger partial charge in [0.15, 0.2) is 22.5 Å². The number of nitrogens with zero attached hydrogens (tertiary/aromatic N) is 3. The summed E-state index contributed by atoms with van der Waals surface area (Å²) in [4.78, 5) is 34.6. The quantitative estimate of drug-likeness (QED) is 0.298. The highest BCUT2D eigenvalue weighted by atomic mass is 35.5. The minimum absolute atomic E-state index is 0.00670. The highest BCUT2D eigenvalue weighted by molar-refractivity contribution is 6.32. The smallest absolute Gasteiger partial charge is 0.273 e. The Hall–Kier alpha value is -2.95. The molecule has 11 heteroatoms. The van der Waals surface area contributed by atoms with Crippen LogP contribution in [0.1, 0.15) is 40.9 Å². The van der Waals surface area contributed by atoms with Crippen LogP contribution in [-0.2, 0) is 11.2 Å². The summed E-state index contributed by atoms with van der Waals surface area (Å²) in [6.45, 7) is 6.05. The number of hydrogen-bond acceptors (Lipinski definition) is 8. The molecule has 8 N–H and O–H groups in total. The van der Waals surface area contributed by atoms with Gasteiger partial charge in [-0.15, -0.1) is 0 Å². The van der Waals surface area contributed by atoms with Gasteiger partial charge in [0.1, 0.15) is 0 Å². The number of halogens is 1. The van der Waals surface area contributed by atoms with Gasteiger partial charge in [0.05, 0.1) is 0 Å². The van der Waals surface area contributed by atoms with Gasteiger partial charge in [0.2, 0.25) is 5.91 Å².